The van der Waals surface area contributed by atoms with E-state index < -0.39 is 28.6 Å². The van der Waals surface area contributed by atoms with E-state index in [0.717, 1.165) is 28.0 Å². The molecule has 4 aromatic carbocycles. The molecule has 0 saturated heterocycles. The number of hydrogen-bond acceptors (Lipinski definition) is 8. The van der Waals surface area contributed by atoms with Crippen molar-refractivity contribution in [2.45, 2.75) is 36.0 Å². The highest BCUT2D eigenvalue weighted by molar-refractivity contribution is 8.00. The molecule has 0 N–H and O–H groups in total. The van der Waals surface area contributed by atoms with Gasteiger partial charge in [-0.3, -0.25) is 19.3 Å². The summed E-state index contributed by atoms with van der Waals surface area (Å²) in [5.74, 6) is -1.24. The molecule has 1 unspecified atom stereocenters. The van der Waals surface area contributed by atoms with Crippen LogP contribution >= 0.6 is 34.7 Å². The van der Waals surface area contributed by atoms with Crippen molar-refractivity contribution < 1.29 is 18.4 Å². The number of halogens is 2. The SMILES string of the molecule is Cc1cc2oc3c(c(=O)c2cc1C)C1(C(=O)N(Cc2ccc(F)cc2)c2ccccc21)N(c1nnc(SCc2ccc(Cl)cc2)s1)C3=O. The number of nitrogens with zero attached hydrogens (tertiary/aromatic N) is 4. The minimum atomic E-state index is -1.92. The van der Waals surface area contributed by atoms with Crippen LogP contribution in [0.4, 0.5) is 15.2 Å². The molecule has 2 aromatic heterocycles. The van der Waals surface area contributed by atoms with E-state index in [1.807, 2.05) is 38.1 Å². The van der Waals surface area contributed by atoms with Gasteiger partial charge < -0.3 is 9.32 Å². The average molecular weight is 695 g/mol. The van der Waals surface area contributed by atoms with E-state index in [4.69, 9.17) is 16.0 Å². The number of fused-ring (bicyclic) bond motifs is 5. The number of benzene rings is 4. The number of anilines is 2. The molecule has 2 aliphatic heterocycles. The first-order chi connectivity index (χ1) is 23.2. The second-order valence-electron chi connectivity index (χ2n) is 11.7. The van der Waals surface area contributed by atoms with Gasteiger partial charge >= 0.3 is 0 Å². The molecule has 0 saturated carbocycles. The van der Waals surface area contributed by atoms with Crippen LogP contribution in [0, 0.1) is 19.7 Å². The summed E-state index contributed by atoms with van der Waals surface area (Å²) in [5.41, 5.74) is 2.19. The van der Waals surface area contributed by atoms with E-state index in [1.165, 1.54) is 33.7 Å². The lowest BCUT2D eigenvalue weighted by Gasteiger charge is -2.32. The summed E-state index contributed by atoms with van der Waals surface area (Å²) < 4.78 is 20.6. The van der Waals surface area contributed by atoms with Crippen LogP contribution in [0.1, 0.15) is 43.9 Å². The third-order valence-electron chi connectivity index (χ3n) is 8.86. The molecule has 48 heavy (non-hydrogen) atoms. The van der Waals surface area contributed by atoms with E-state index in [-0.39, 0.29) is 34.0 Å². The summed E-state index contributed by atoms with van der Waals surface area (Å²) >= 11 is 8.62. The lowest BCUT2D eigenvalue weighted by Crippen LogP contribution is -2.53. The Hall–Kier alpha value is -4.84. The number of thioether (sulfide) groups is 1. The lowest BCUT2D eigenvalue weighted by atomic mass is 9.84. The molecular weight excluding hydrogens is 671 g/mol. The van der Waals surface area contributed by atoms with Gasteiger partial charge in [-0.15, -0.1) is 10.2 Å². The predicted molar refractivity (Wildman–Crippen MR) is 185 cm³/mol. The third-order valence-corrected chi connectivity index (χ3v) is 11.2. The summed E-state index contributed by atoms with van der Waals surface area (Å²) in [6.45, 7) is 3.86. The van der Waals surface area contributed by atoms with Gasteiger partial charge in [-0.2, -0.15) is 0 Å². The normalized spacial score (nSPS) is 16.8. The number of para-hydroxylation sites is 1. The van der Waals surface area contributed by atoms with Crippen molar-refractivity contribution in [2.24, 2.45) is 0 Å². The molecule has 8 rings (SSSR count). The first-order valence-electron chi connectivity index (χ1n) is 15.0. The molecule has 1 atom stereocenters. The van der Waals surface area contributed by atoms with E-state index in [9.17, 15) is 14.0 Å². The Morgan fingerprint density at radius 1 is 0.917 bits per heavy atom. The Kier molecular flexibility index (Phi) is 7.24. The highest BCUT2D eigenvalue weighted by atomic mass is 35.5. The molecule has 4 heterocycles. The zero-order valence-corrected chi connectivity index (χ0v) is 27.9. The number of hydrogen-bond donors (Lipinski definition) is 0. The number of aromatic nitrogens is 2. The number of carbonyl (C=O) groups excluding carboxylic acids is 2. The maximum atomic E-state index is 15.1. The Bertz CT molecular complexity index is 2360. The topological polar surface area (TPSA) is 96.6 Å². The second-order valence-corrected chi connectivity index (χ2v) is 14.3. The molecular formula is C36H24ClFN4O4S2. The van der Waals surface area contributed by atoms with E-state index in [1.54, 1.807) is 48.5 Å². The van der Waals surface area contributed by atoms with Gasteiger partial charge in [0.15, 0.2) is 15.3 Å². The van der Waals surface area contributed by atoms with Gasteiger partial charge in [0.25, 0.3) is 11.8 Å². The van der Waals surface area contributed by atoms with Crippen molar-refractivity contribution in [1.29, 1.82) is 0 Å². The Morgan fingerprint density at radius 3 is 2.40 bits per heavy atom. The van der Waals surface area contributed by atoms with Crippen molar-refractivity contribution in [3.8, 4) is 0 Å². The fourth-order valence-electron chi connectivity index (χ4n) is 6.42. The fraction of sp³-hybridized carbons (Fsp3) is 0.139. The standard InChI is InChI=1S/C36H24ClFN4O4S2/c1-19-15-25-28(16-20(19)2)46-31-29(30(25)43)36(26-5-3-4-6-27(26)41(33(36)45)17-21-9-13-24(38)14-10-21)42(32(31)44)34-39-40-35(48-34)47-18-22-7-11-23(37)12-8-22/h3-16H,17-18H2,1-2H3. The third kappa shape index (κ3) is 4.60. The molecule has 12 heteroatoms. The molecule has 0 aliphatic carbocycles. The van der Waals surface area contributed by atoms with E-state index in [2.05, 4.69) is 10.2 Å². The monoisotopic (exact) mass is 694 g/mol. The van der Waals surface area contributed by atoms with Crippen LogP contribution in [0.15, 0.2) is 98.5 Å². The Morgan fingerprint density at radius 2 is 1.62 bits per heavy atom. The van der Waals surface area contributed by atoms with Gasteiger partial charge in [0, 0.05) is 16.3 Å². The van der Waals surface area contributed by atoms with Crippen molar-refractivity contribution in [2.75, 3.05) is 9.80 Å². The van der Waals surface area contributed by atoms with Gasteiger partial charge in [0.1, 0.15) is 11.4 Å². The smallest absolute Gasteiger partial charge is 0.297 e. The van der Waals surface area contributed by atoms with Crippen LogP contribution in [0.3, 0.4) is 0 Å². The van der Waals surface area contributed by atoms with Gasteiger partial charge in [-0.25, -0.2) is 4.39 Å². The van der Waals surface area contributed by atoms with Crippen LogP contribution in [-0.4, -0.2) is 22.0 Å². The van der Waals surface area contributed by atoms with Crippen molar-refractivity contribution in [3.63, 3.8) is 0 Å². The van der Waals surface area contributed by atoms with Gasteiger partial charge in [0.2, 0.25) is 10.9 Å². The molecule has 0 radical (unpaired) electrons. The summed E-state index contributed by atoms with van der Waals surface area (Å²) in [6, 6.07) is 23.8. The van der Waals surface area contributed by atoms with E-state index in [0.29, 0.717) is 31.9 Å². The van der Waals surface area contributed by atoms with Crippen LogP contribution in [0.5, 0.6) is 0 Å². The summed E-state index contributed by atoms with van der Waals surface area (Å²) in [5, 5.41) is 9.82. The lowest BCUT2D eigenvalue weighted by molar-refractivity contribution is -0.121. The molecule has 238 valence electrons. The largest absolute Gasteiger partial charge is 0.450 e. The molecule has 1 spiro atoms. The molecule has 0 fully saturated rings. The second kappa shape index (κ2) is 11.4. The summed E-state index contributed by atoms with van der Waals surface area (Å²) in [4.78, 5) is 47.1. The highest BCUT2D eigenvalue weighted by Crippen LogP contribution is 2.55. The Balaban J connectivity index is 1.32. The molecule has 0 bridgehead atoms. The quantitative estimate of drug-likeness (QED) is 0.130. The van der Waals surface area contributed by atoms with Crippen LogP contribution < -0.4 is 15.2 Å². The number of carbonyl (C=O) groups is 2. The minimum absolute atomic E-state index is 0.0622. The van der Waals surface area contributed by atoms with Crippen molar-refractivity contribution in [3.05, 3.63) is 145 Å². The number of rotatable bonds is 6. The predicted octanol–water partition coefficient (Wildman–Crippen LogP) is 7.80. The summed E-state index contributed by atoms with van der Waals surface area (Å²) in [6.07, 6.45) is 0. The van der Waals surface area contributed by atoms with Gasteiger partial charge in [-0.1, -0.05) is 77.2 Å². The fourth-order valence-corrected chi connectivity index (χ4v) is 8.40. The molecule has 6 aromatic rings. The number of amides is 2. The van der Waals surface area contributed by atoms with Gasteiger partial charge in [-0.05, 0) is 78.6 Å². The highest BCUT2D eigenvalue weighted by Gasteiger charge is 2.66. The zero-order valence-electron chi connectivity index (χ0n) is 25.5. The maximum absolute atomic E-state index is 15.1. The number of aryl methyl sites for hydroxylation is 2. The van der Waals surface area contributed by atoms with Crippen LogP contribution in [-0.2, 0) is 22.6 Å². The average Bonchev–Trinajstić information content (AvgIpc) is 3.72. The molecule has 8 nitrogen and oxygen atoms in total. The summed E-state index contributed by atoms with van der Waals surface area (Å²) in [7, 11) is 0. The first-order valence-corrected chi connectivity index (χ1v) is 17.1. The molecule has 2 amide bonds. The van der Waals surface area contributed by atoms with Crippen LogP contribution in [0.2, 0.25) is 5.02 Å². The first kappa shape index (κ1) is 30.5. The van der Waals surface area contributed by atoms with Crippen LogP contribution in [0.25, 0.3) is 11.0 Å². The van der Waals surface area contributed by atoms with Crippen molar-refractivity contribution in [1.82, 2.24) is 10.2 Å². The maximum Gasteiger partial charge on any atom is 0.297 e. The molecule has 2 aliphatic rings. The zero-order chi connectivity index (χ0) is 33.3. The van der Waals surface area contributed by atoms with Crippen molar-refractivity contribution >= 4 is 68.3 Å². The van der Waals surface area contributed by atoms with Gasteiger partial charge in [0.05, 0.1) is 23.2 Å². The minimum Gasteiger partial charge on any atom is -0.450 e. The Labute approximate surface area is 286 Å². The van der Waals surface area contributed by atoms with E-state index >= 15 is 4.79 Å².